The van der Waals surface area contributed by atoms with Crippen LogP contribution in [0.3, 0.4) is 0 Å². The quantitative estimate of drug-likeness (QED) is 0.369. The molecule has 3 aromatic carbocycles. The maximum Gasteiger partial charge on any atom is 0.267 e. The molecule has 0 radical (unpaired) electrons. The van der Waals surface area contributed by atoms with E-state index in [0.717, 1.165) is 21.3 Å². The highest BCUT2D eigenvalue weighted by Gasteiger charge is 2.23. The van der Waals surface area contributed by atoms with Gasteiger partial charge in [0.1, 0.15) is 11.3 Å². The lowest BCUT2D eigenvalue weighted by Gasteiger charge is -2.20. The lowest BCUT2D eigenvalue weighted by atomic mass is 10.2. The third-order valence-electron chi connectivity index (χ3n) is 5.05. The number of amides is 1. The van der Waals surface area contributed by atoms with Crippen LogP contribution in [-0.4, -0.2) is 31.7 Å². The van der Waals surface area contributed by atoms with Crippen LogP contribution in [0.15, 0.2) is 66.7 Å². The van der Waals surface area contributed by atoms with Gasteiger partial charge in [0.05, 0.1) is 25.5 Å². The van der Waals surface area contributed by atoms with E-state index >= 15 is 0 Å². The molecular weight excluding hydrogens is 424 g/mol. The third kappa shape index (κ3) is 4.53. The molecule has 0 saturated heterocycles. The van der Waals surface area contributed by atoms with Gasteiger partial charge in [0.15, 0.2) is 23.2 Å². The maximum absolute atomic E-state index is 13.3. The van der Waals surface area contributed by atoms with Gasteiger partial charge in [-0.15, -0.1) is 0 Å². The number of nitrogens with zero attached hydrogens (tertiary/aromatic N) is 2. The van der Waals surface area contributed by atoms with Crippen molar-refractivity contribution in [3.8, 4) is 17.2 Å². The fraction of sp³-hybridized carbons (Fsp3) is 0.200. The van der Waals surface area contributed by atoms with E-state index in [1.165, 1.54) is 11.3 Å². The van der Waals surface area contributed by atoms with Crippen LogP contribution in [0.1, 0.15) is 11.1 Å². The van der Waals surface area contributed by atoms with Gasteiger partial charge in [0, 0.05) is 0 Å². The van der Waals surface area contributed by atoms with Gasteiger partial charge in [-0.1, -0.05) is 59.9 Å². The monoisotopic (exact) mass is 448 g/mol. The van der Waals surface area contributed by atoms with E-state index in [2.05, 4.69) is 0 Å². The second kappa shape index (κ2) is 9.70. The van der Waals surface area contributed by atoms with E-state index in [0.29, 0.717) is 28.9 Å². The van der Waals surface area contributed by atoms with Gasteiger partial charge in [-0.05, 0) is 36.2 Å². The van der Waals surface area contributed by atoms with Crippen molar-refractivity contribution in [2.24, 2.45) is 0 Å². The number of carbonyl (C=O) groups is 1. The Hall–Kier alpha value is -3.58. The number of methoxy groups -OCH3 is 2. The molecule has 4 aromatic rings. The molecule has 0 aliphatic rings. The smallest absolute Gasteiger partial charge is 0.267 e. The number of rotatable bonds is 8. The second-order valence-electron chi connectivity index (χ2n) is 7.16. The number of para-hydroxylation sites is 2. The summed E-state index contributed by atoms with van der Waals surface area (Å²) in [5, 5.41) is 0.602. The van der Waals surface area contributed by atoms with E-state index in [1.54, 1.807) is 31.3 Å². The Morgan fingerprint density at radius 3 is 2.31 bits per heavy atom. The number of fused-ring (bicyclic) bond motifs is 1. The van der Waals surface area contributed by atoms with Crippen molar-refractivity contribution >= 4 is 32.6 Å². The maximum atomic E-state index is 13.3. The zero-order chi connectivity index (χ0) is 22.5. The van der Waals surface area contributed by atoms with Crippen molar-refractivity contribution in [3.05, 3.63) is 77.9 Å². The number of aryl methyl sites for hydroxylation is 1. The molecule has 0 fully saturated rings. The average Bonchev–Trinajstić information content (AvgIpc) is 3.28. The van der Waals surface area contributed by atoms with E-state index in [9.17, 15) is 4.79 Å². The first-order valence-electron chi connectivity index (χ1n) is 10.1. The summed E-state index contributed by atoms with van der Waals surface area (Å²) < 4.78 is 17.6. The van der Waals surface area contributed by atoms with Crippen molar-refractivity contribution in [2.45, 2.75) is 13.5 Å². The van der Waals surface area contributed by atoms with Gasteiger partial charge in [-0.3, -0.25) is 9.69 Å². The molecule has 164 valence electrons. The first-order chi connectivity index (χ1) is 15.6. The average molecular weight is 449 g/mol. The highest BCUT2D eigenvalue weighted by Crippen LogP contribution is 2.37. The van der Waals surface area contributed by atoms with Gasteiger partial charge in [0.25, 0.3) is 5.91 Å². The van der Waals surface area contributed by atoms with Crippen LogP contribution in [0.2, 0.25) is 0 Å². The highest BCUT2D eigenvalue weighted by molar-refractivity contribution is 7.22. The van der Waals surface area contributed by atoms with Crippen LogP contribution in [-0.2, 0) is 11.3 Å². The summed E-state index contributed by atoms with van der Waals surface area (Å²) >= 11 is 1.47. The first-order valence-corrected chi connectivity index (χ1v) is 11.0. The van der Waals surface area contributed by atoms with Crippen LogP contribution in [0.4, 0.5) is 5.13 Å². The van der Waals surface area contributed by atoms with Crippen molar-refractivity contribution in [3.63, 3.8) is 0 Å². The predicted molar refractivity (Wildman–Crippen MR) is 127 cm³/mol. The van der Waals surface area contributed by atoms with Gasteiger partial charge in [0.2, 0.25) is 0 Å². The first kappa shape index (κ1) is 21.6. The molecule has 1 amide bonds. The zero-order valence-electron chi connectivity index (χ0n) is 18.2. The van der Waals surface area contributed by atoms with Crippen molar-refractivity contribution in [2.75, 3.05) is 25.7 Å². The van der Waals surface area contributed by atoms with E-state index < -0.39 is 0 Å². The minimum Gasteiger partial charge on any atom is -0.494 e. The van der Waals surface area contributed by atoms with Gasteiger partial charge < -0.3 is 14.2 Å². The van der Waals surface area contributed by atoms with Gasteiger partial charge in [-0.25, -0.2) is 4.98 Å². The Kier molecular flexibility index (Phi) is 6.56. The van der Waals surface area contributed by atoms with E-state index in [4.69, 9.17) is 19.2 Å². The van der Waals surface area contributed by atoms with Crippen molar-refractivity contribution in [1.29, 1.82) is 0 Å². The molecule has 0 aliphatic carbocycles. The van der Waals surface area contributed by atoms with Gasteiger partial charge >= 0.3 is 0 Å². The van der Waals surface area contributed by atoms with Crippen LogP contribution < -0.4 is 19.1 Å². The molecule has 1 heterocycles. The number of hydrogen-bond acceptors (Lipinski definition) is 6. The van der Waals surface area contributed by atoms with E-state index in [1.807, 2.05) is 61.5 Å². The zero-order valence-corrected chi connectivity index (χ0v) is 19.0. The Balaban J connectivity index is 1.66. The minimum absolute atomic E-state index is 0.140. The topological polar surface area (TPSA) is 60.9 Å². The molecule has 6 nitrogen and oxygen atoms in total. The summed E-state index contributed by atoms with van der Waals surface area (Å²) in [4.78, 5) is 19.8. The predicted octanol–water partition coefficient (Wildman–Crippen LogP) is 5.23. The molecule has 0 unspecified atom stereocenters. The summed E-state index contributed by atoms with van der Waals surface area (Å²) in [6.45, 7) is 2.27. The molecule has 1 aromatic heterocycles. The number of ether oxygens (including phenoxy) is 3. The summed E-state index contributed by atoms with van der Waals surface area (Å²) in [5.74, 6) is 1.58. The van der Waals surface area contributed by atoms with Crippen molar-refractivity contribution in [1.82, 2.24) is 4.98 Å². The van der Waals surface area contributed by atoms with Crippen molar-refractivity contribution < 1.29 is 19.0 Å². The second-order valence-corrected chi connectivity index (χ2v) is 8.14. The summed E-state index contributed by atoms with van der Waals surface area (Å²) in [5.41, 5.74) is 2.84. The molecular formula is C25H24N2O4S. The number of thiazole rings is 1. The summed E-state index contributed by atoms with van der Waals surface area (Å²) in [7, 11) is 3.19. The summed E-state index contributed by atoms with van der Waals surface area (Å²) in [6.07, 6.45) is 0. The van der Waals surface area contributed by atoms with Crippen LogP contribution >= 0.6 is 11.3 Å². The van der Waals surface area contributed by atoms with Crippen LogP contribution in [0.5, 0.6) is 17.2 Å². The third-order valence-corrected chi connectivity index (χ3v) is 6.26. The molecule has 7 heteroatoms. The Labute approximate surface area is 191 Å². The van der Waals surface area contributed by atoms with Crippen LogP contribution in [0.25, 0.3) is 10.2 Å². The fourth-order valence-corrected chi connectivity index (χ4v) is 4.43. The number of aromatic nitrogens is 1. The fourth-order valence-electron chi connectivity index (χ4n) is 3.36. The Bertz CT molecular complexity index is 1220. The highest BCUT2D eigenvalue weighted by atomic mass is 32.1. The molecule has 32 heavy (non-hydrogen) atoms. The van der Waals surface area contributed by atoms with Gasteiger partial charge in [-0.2, -0.15) is 0 Å². The molecule has 0 N–H and O–H groups in total. The SMILES string of the molecule is COc1ccccc1OCC(=O)N(Cc1ccccc1)c1nc2c(OC)ccc(C)c2s1. The molecule has 0 aliphatic heterocycles. The molecule has 0 saturated carbocycles. The Morgan fingerprint density at radius 2 is 1.59 bits per heavy atom. The lowest BCUT2D eigenvalue weighted by Crippen LogP contribution is -2.34. The number of carbonyl (C=O) groups excluding carboxylic acids is 1. The van der Waals surface area contributed by atoms with E-state index in [-0.39, 0.29) is 12.5 Å². The van der Waals surface area contributed by atoms with Crippen LogP contribution in [0, 0.1) is 6.92 Å². The molecule has 0 atom stereocenters. The standard InChI is InChI=1S/C25H24N2O4S/c1-17-13-14-21(30-3)23-24(17)32-25(26-23)27(15-18-9-5-4-6-10-18)22(28)16-31-20-12-8-7-11-19(20)29-2/h4-14H,15-16H2,1-3H3. The molecule has 4 rings (SSSR count). The normalized spacial score (nSPS) is 10.7. The summed E-state index contributed by atoms with van der Waals surface area (Å²) in [6, 6.07) is 21.0. The molecule has 0 bridgehead atoms. The lowest BCUT2D eigenvalue weighted by molar-refractivity contribution is -0.120. The largest absolute Gasteiger partial charge is 0.494 e. The minimum atomic E-state index is -0.199. The number of benzene rings is 3. The number of hydrogen-bond donors (Lipinski definition) is 0. The Morgan fingerprint density at radius 1 is 0.906 bits per heavy atom. The number of anilines is 1. The molecule has 0 spiro atoms.